The van der Waals surface area contributed by atoms with E-state index in [1.165, 1.54) is 12.1 Å². The molecule has 2 aromatic heterocycles. The minimum atomic E-state index is -0.651. The van der Waals surface area contributed by atoms with Gasteiger partial charge in [-0.1, -0.05) is 25.8 Å². The summed E-state index contributed by atoms with van der Waals surface area (Å²) in [6.07, 6.45) is 0.938. The molecule has 0 spiro atoms. The highest BCUT2D eigenvalue weighted by molar-refractivity contribution is 6.05. The lowest BCUT2D eigenvalue weighted by Gasteiger charge is -2.14. The molecule has 0 saturated heterocycles. The van der Waals surface area contributed by atoms with E-state index in [4.69, 9.17) is 16.9 Å². The predicted octanol–water partition coefficient (Wildman–Crippen LogP) is 3.21. The number of nitrogens with zero attached hydrogens (tertiary/aromatic N) is 1. The molecule has 2 heterocycles. The van der Waals surface area contributed by atoms with Crippen molar-refractivity contribution in [1.29, 1.82) is 5.41 Å². The Morgan fingerprint density at radius 3 is 2.64 bits per heavy atom. The average molecular weight is 377 g/mol. The fourth-order valence-electron chi connectivity index (χ4n) is 2.93. The molecule has 0 bridgehead atoms. The van der Waals surface area contributed by atoms with Gasteiger partial charge in [-0.3, -0.25) is 4.79 Å². The Hall–Kier alpha value is -3.66. The summed E-state index contributed by atoms with van der Waals surface area (Å²) in [4.78, 5) is 19.7. The number of hydrogen-bond acceptors (Lipinski definition) is 5. The first-order chi connectivity index (χ1) is 13.2. The van der Waals surface area contributed by atoms with Gasteiger partial charge in [0.1, 0.15) is 17.2 Å². The lowest BCUT2D eigenvalue weighted by Crippen LogP contribution is -2.15. The molecule has 6 N–H and O–H groups in total. The monoisotopic (exact) mass is 377 g/mol. The average Bonchev–Trinajstić information content (AvgIpc) is 2.64. The zero-order valence-corrected chi connectivity index (χ0v) is 15.8. The number of pyridine rings is 2. The number of fused-ring (bicyclic) bond motifs is 1. The van der Waals surface area contributed by atoms with Gasteiger partial charge in [-0.25, -0.2) is 9.37 Å². The van der Waals surface area contributed by atoms with E-state index in [0.29, 0.717) is 27.9 Å². The molecule has 7 heteroatoms. The van der Waals surface area contributed by atoms with Gasteiger partial charge in [0.05, 0.1) is 16.7 Å². The van der Waals surface area contributed by atoms with E-state index in [0.717, 1.165) is 11.8 Å². The molecule has 0 aliphatic carbocycles. The molecule has 0 fully saturated rings. The molecule has 0 atom stereocenters. The number of nitrogens with two attached hydrogens (primary N) is 2. The second kappa shape index (κ2) is 7.16. The van der Waals surface area contributed by atoms with Crippen LogP contribution in [0.3, 0.4) is 0 Å². The molecule has 28 heavy (non-hydrogen) atoms. The third-order valence-corrected chi connectivity index (χ3v) is 4.34. The molecule has 3 aromatic rings. The Bertz CT molecular complexity index is 1230. The summed E-state index contributed by atoms with van der Waals surface area (Å²) in [6, 6.07) is 4.39. The zero-order chi connectivity index (χ0) is 20.6. The smallest absolute Gasteiger partial charge is 0.272 e. The second-order valence-electron chi connectivity index (χ2n) is 6.78. The van der Waals surface area contributed by atoms with Gasteiger partial charge in [-0.2, -0.15) is 0 Å². The Morgan fingerprint density at radius 2 is 2.00 bits per heavy atom. The van der Waals surface area contributed by atoms with Gasteiger partial charge >= 0.3 is 0 Å². The quantitative estimate of drug-likeness (QED) is 0.311. The first-order valence-electron chi connectivity index (χ1n) is 8.68. The van der Waals surface area contributed by atoms with Gasteiger partial charge in [-0.15, -0.1) is 0 Å². The van der Waals surface area contributed by atoms with E-state index >= 15 is 0 Å². The van der Waals surface area contributed by atoms with Crippen LogP contribution >= 0.6 is 0 Å². The molecule has 142 valence electrons. The van der Waals surface area contributed by atoms with Crippen molar-refractivity contribution in [2.24, 2.45) is 5.92 Å². The van der Waals surface area contributed by atoms with Crippen molar-refractivity contribution in [2.75, 3.05) is 11.5 Å². The third kappa shape index (κ3) is 3.21. The Morgan fingerprint density at radius 1 is 1.29 bits per heavy atom. The van der Waals surface area contributed by atoms with Crippen molar-refractivity contribution in [3.8, 4) is 23.0 Å². The minimum Gasteiger partial charge on any atom is -0.396 e. The van der Waals surface area contributed by atoms with E-state index in [2.05, 4.69) is 21.8 Å². The topological polar surface area (TPSA) is 122 Å². The standard InChI is InChI=1S/C21H20FN5O/c1-10(2)4-7-15-11(3)8-16-20(26-15)17(19(25)21(28)27-16)12-5-6-14(22)18(24)13(12)9-23/h5-6,8-10,23H,24-25H2,1-3H3,(H,27,28). The van der Waals surface area contributed by atoms with Crippen LogP contribution < -0.4 is 17.0 Å². The van der Waals surface area contributed by atoms with Crippen molar-refractivity contribution >= 4 is 28.6 Å². The van der Waals surface area contributed by atoms with Gasteiger partial charge in [0, 0.05) is 23.3 Å². The van der Waals surface area contributed by atoms with Crippen molar-refractivity contribution in [1.82, 2.24) is 9.97 Å². The van der Waals surface area contributed by atoms with Gasteiger partial charge in [0.15, 0.2) is 0 Å². The third-order valence-electron chi connectivity index (χ3n) is 4.34. The number of benzene rings is 1. The highest BCUT2D eigenvalue weighted by atomic mass is 19.1. The summed E-state index contributed by atoms with van der Waals surface area (Å²) in [5.74, 6) is 5.63. The van der Waals surface area contributed by atoms with Crippen LogP contribution in [0.5, 0.6) is 0 Å². The fourth-order valence-corrected chi connectivity index (χ4v) is 2.93. The SMILES string of the molecule is Cc1cc2[nH]c(=O)c(N)c(-c3ccc(F)c(N)c3C=N)c2nc1C#CC(C)C. The molecular weight excluding hydrogens is 357 g/mol. The molecule has 0 saturated carbocycles. The summed E-state index contributed by atoms with van der Waals surface area (Å²) in [5, 5.41) is 7.65. The lowest BCUT2D eigenvalue weighted by molar-refractivity contribution is 0.632. The maximum Gasteiger partial charge on any atom is 0.272 e. The maximum atomic E-state index is 13.9. The number of H-pyrrole nitrogens is 1. The molecule has 3 rings (SSSR count). The van der Waals surface area contributed by atoms with Crippen LogP contribution in [0.2, 0.25) is 0 Å². The number of rotatable bonds is 2. The predicted molar refractivity (Wildman–Crippen MR) is 111 cm³/mol. The van der Waals surface area contributed by atoms with Crippen LogP contribution in [0.1, 0.15) is 30.7 Å². The van der Waals surface area contributed by atoms with Gasteiger partial charge in [0.2, 0.25) is 0 Å². The normalized spacial score (nSPS) is 10.8. The fraction of sp³-hybridized carbons (Fsp3) is 0.190. The molecule has 0 aliphatic heterocycles. The number of aromatic nitrogens is 2. The number of aromatic amines is 1. The van der Waals surface area contributed by atoms with Crippen LogP contribution in [-0.4, -0.2) is 16.2 Å². The Balaban J connectivity index is 2.46. The van der Waals surface area contributed by atoms with E-state index in [-0.39, 0.29) is 22.9 Å². The Labute approximate surface area is 161 Å². The number of aryl methyl sites for hydroxylation is 1. The molecule has 0 radical (unpaired) electrons. The minimum absolute atomic E-state index is 0.0827. The summed E-state index contributed by atoms with van der Waals surface area (Å²) < 4.78 is 13.9. The number of anilines is 2. The highest BCUT2D eigenvalue weighted by Gasteiger charge is 2.19. The molecular formula is C21H20FN5O. The number of nitrogen functional groups attached to an aromatic ring is 2. The Kier molecular flexibility index (Phi) is 4.89. The molecule has 6 nitrogen and oxygen atoms in total. The summed E-state index contributed by atoms with van der Waals surface area (Å²) in [5.41, 5.74) is 14.1. The van der Waals surface area contributed by atoms with Crippen molar-refractivity contribution in [3.05, 3.63) is 51.2 Å². The highest BCUT2D eigenvalue weighted by Crippen LogP contribution is 2.35. The van der Waals surface area contributed by atoms with E-state index in [9.17, 15) is 9.18 Å². The van der Waals surface area contributed by atoms with E-state index < -0.39 is 11.4 Å². The van der Waals surface area contributed by atoms with Crippen LogP contribution in [0, 0.1) is 35.9 Å². The largest absolute Gasteiger partial charge is 0.396 e. The first kappa shape index (κ1) is 19.1. The van der Waals surface area contributed by atoms with Crippen molar-refractivity contribution < 1.29 is 4.39 Å². The van der Waals surface area contributed by atoms with Crippen molar-refractivity contribution in [3.63, 3.8) is 0 Å². The summed E-state index contributed by atoms with van der Waals surface area (Å²) >= 11 is 0. The number of hydrogen-bond donors (Lipinski definition) is 4. The van der Waals surface area contributed by atoms with Crippen LogP contribution in [0.15, 0.2) is 23.0 Å². The molecule has 0 amide bonds. The second-order valence-corrected chi connectivity index (χ2v) is 6.78. The van der Waals surface area contributed by atoms with Gasteiger partial charge < -0.3 is 21.9 Å². The van der Waals surface area contributed by atoms with E-state index in [1.54, 1.807) is 6.07 Å². The molecule has 1 aromatic carbocycles. The van der Waals surface area contributed by atoms with Crippen LogP contribution in [0.4, 0.5) is 15.8 Å². The van der Waals surface area contributed by atoms with Gasteiger partial charge in [0.25, 0.3) is 5.56 Å². The molecule has 0 aliphatic rings. The lowest BCUT2D eigenvalue weighted by atomic mass is 9.96. The van der Waals surface area contributed by atoms with Crippen LogP contribution in [-0.2, 0) is 0 Å². The van der Waals surface area contributed by atoms with Gasteiger partial charge in [-0.05, 0) is 36.1 Å². The zero-order valence-electron chi connectivity index (χ0n) is 15.8. The van der Waals surface area contributed by atoms with Crippen molar-refractivity contribution in [2.45, 2.75) is 20.8 Å². The van der Waals surface area contributed by atoms with Crippen LogP contribution in [0.25, 0.3) is 22.2 Å². The summed E-state index contributed by atoms with van der Waals surface area (Å²) in [7, 11) is 0. The number of halogens is 1. The first-order valence-corrected chi connectivity index (χ1v) is 8.68. The maximum absolute atomic E-state index is 13.9. The summed E-state index contributed by atoms with van der Waals surface area (Å²) in [6.45, 7) is 5.80. The number of nitrogens with one attached hydrogen (secondary N) is 2. The van der Waals surface area contributed by atoms with E-state index in [1.807, 2.05) is 20.8 Å². The molecule has 0 unspecified atom stereocenters.